The Labute approximate surface area is 120 Å². The SMILES string of the molecule is COCCC(N)CCS(=O)(=O)CCCC(F)(F)C(F)(F)F. The lowest BCUT2D eigenvalue weighted by molar-refractivity contribution is -0.284. The van der Waals surface area contributed by atoms with Gasteiger partial charge in [0.2, 0.25) is 0 Å². The molecular formula is C11H20F5NO3S. The molecule has 10 heteroatoms. The first kappa shape index (κ1) is 20.5. The topological polar surface area (TPSA) is 69.4 Å². The van der Waals surface area contributed by atoms with Gasteiger partial charge in [0.05, 0.1) is 11.5 Å². The normalized spacial score (nSPS) is 15.2. The third kappa shape index (κ3) is 8.52. The lowest BCUT2D eigenvalue weighted by Gasteiger charge is -2.19. The van der Waals surface area contributed by atoms with Gasteiger partial charge in [-0.25, -0.2) is 8.42 Å². The van der Waals surface area contributed by atoms with E-state index >= 15 is 0 Å². The molecule has 4 nitrogen and oxygen atoms in total. The molecule has 0 aliphatic rings. The van der Waals surface area contributed by atoms with Crippen LogP contribution in [0.2, 0.25) is 0 Å². The Morgan fingerprint density at radius 1 is 1.10 bits per heavy atom. The predicted octanol–water partition coefficient (Wildman–Crippen LogP) is 2.13. The van der Waals surface area contributed by atoms with Crippen molar-refractivity contribution in [1.29, 1.82) is 0 Å². The Morgan fingerprint density at radius 2 is 1.67 bits per heavy atom. The van der Waals surface area contributed by atoms with Crippen LogP contribution in [0.3, 0.4) is 0 Å². The second-order valence-corrected chi connectivity index (χ2v) is 7.09. The van der Waals surface area contributed by atoms with Gasteiger partial charge in [0.25, 0.3) is 0 Å². The molecule has 0 saturated carbocycles. The summed E-state index contributed by atoms with van der Waals surface area (Å²) in [6, 6.07) is -0.420. The Balaban J connectivity index is 4.15. The van der Waals surface area contributed by atoms with Crippen molar-refractivity contribution in [1.82, 2.24) is 0 Å². The van der Waals surface area contributed by atoms with Crippen LogP contribution in [0.15, 0.2) is 0 Å². The Hall–Kier alpha value is -0.480. The molecule has 0 fully saturated rings. The summed E-state index contributed by atoms with van der Waals surface area (Å²) >= 11 is 0. The molecule has 128 valence electrons. The molecule has 1 unspecified atom stereocenters. The largest absolute Gasteiger partial charge is 0.453 e. The van der Waals surface area contributed by atoms with Gasteiger partial charge in [0.1, 0.15) is 9.84 Å². The molecule has 0 heterocycles. The van der Waals surface area contributed by atoms with E-state index in [4.69, 9.17) is 10.5 Å². The molecule has 0 amide bonds. The first-order valence-corrected chi connectivity index (χ1v) is 8.13. The highest BCUT2D eigenvalue weighted by molar-refractivity contribution is 7.91. The summed E-state index contributed by atoms with van der Waals surface area (Å²) in [5.41, 5.74) is 5.61. The van der Waals surface area contributed by atoms with Gasteiger partial charge < -0.3 is 10.5 Å². The third-order valence-corrected chi connectivity index (χ3v) is 4.62. The van der Waals surface area contributed by atoms with Gasteiger partial charge in [-0.05, 0) is 19.3 Å². The molecule has 0 rings (SSSR count). The van der Waals surface area contributed by atoms with Gasteiger partial charge in [-0.15, -0.1) is 0 Å². The maximum atomic E-state index is 12.6. The van der Waals surface area contributed by atoms with Crippen molar-refractivity contribution in [2.24, 2.45) is 5.73 Å². The van der Waals surface area contributed by atoms with Gasteiger partial charge in [0.15, 0.2) is 0 Å². The average Bonchev–Trinajstić information content (AvgIpc) is 2.32. The molecule has 21 heavy (non-hydrogen) atoms. The number of hydrogen-bond donors (Lipinski definition) is 1. The third-order valence-electron chi connectivity index (χ3n) is 2.85. The molecule has 0 saturated heterocycles. The van der Waals surface area contributed by atoms with E-state index in [2.05, 4.69) is 0 Å². The van der Waals surface area contributed by atoms with Crippen LogP contribution >= 0.6 is 0 Å². The molecule has 0 aromatic heterocycles. The maximum Gasteiger partial charge on any atom is 0.453 e. The quantitative estimate of drug-likeness (QED) is 0.618. The summed E-state index contributed by atoms with van der Waals surface area (Å²) in [7, 11) is -2.23. The van der Waals surface area contributed by atoms with Crippen molar-refractivity contribution in [3.8, 4) is 0 Å². The van der Waals surface area contributed by atoms with E-state index in [9.17, 15) is 30.4 Å². The van der Waals surface area contributed by atoms with Gasteiger partial charge in [0, 0.05) is 26.2 Å². The monoisotopic (exact) mass is 341 g/mol. The zero-order valence-corrected chi connectivity index (χ0v) is 12.4. The van der Waals surface area contributed by atoms with Crippen LogP contribution in [0, 0.1) is 0 Å². The van der Waals surface area contributed by atoms with E-state index < -0.39 is 46.6 Å². The zero-order chi connectivity index (χ0) is 16.7. The minimum Gasteiger partial charge on any atom is -0.385 e. The number of halogens is 5. The molecule has 1 atom stereocenters. The second-order valence-electron chi connectivity index (χ2n) is 4.79. The van der Waals surface area contributed by atoms with E-state index in [0.29, 0.717) is 13.0 Å². The van der Waals surface area contributed by atoms with Gasteiger partial charge in [-0.2, -0.15) is 22.0 Å². The van der Waals surface area contributed by atoms with E-state index in [1.807, 2.05) is 0 Å². The number of hydrogen-bond acceptors (Lipinski definition) is 4. The van der Waals surface area contributed by atoms with Crippen molar-refractivity contribution in [3.63, 3.8) is 0 Å². The second kappa shape index (κ2) is 8.23. The molecule has 2 N–H and O–H groups in total. The van der Waals surface area contributed by atoms with Crippen molar-refractivity contribution in [2.75, 3.05) is 25.2 Å². The van der Waals surface area contributed by atoms with Crippen molar-refractivity contribution < 1.29 is 35.1 Å². The highest BCUT2D eigenvalue weighted by Crippen LogP contribution is 2.38. The molecule has 0 radical (unpaired) electrons. The summed E-state index contributed by atoms with van der Waals surface area (Å²) in [6.45, 7) is 0.360. The minimum absolute atomic E-state index is 0.112. The number of methoxy groups -OCH3 is 1. The van der Waals surface area contributed by atoms with Gasteiger partial charge in [-0.1, -0.05) is 0 Å². The first-order chi connectivity index (χ1) is 9.41. The summed E-state index contributed by atoms with van der Waals surface area (Å²) in [4.78, 5) is 0. The molecule has 0 aromatic rings. The molecule has 0 aromatic carbocycles. The maximum absolute atomic E-state index is 12.6. The van der Waals surface area contributed by atoms with Crippen LogP contribution in [0.4, 0.5) is 22.0 Å². The fraction of sp³-hybridized carbons (Fsp3) is 1.00. The van der Waals surface area contributed by atoms with Gasteiger partial charge in [-0.3, -0.25) is 0 Å². The van der Waals surface area contributed by atoms with Crippen molar-refractivity contribution in [2.45, 2.75) is 43.8 Å². The van der Waals surface area contributed by atoms with E-state index in [-0.39, 0.29) is 12.2 Å². The summed E-state index contributed by atoms with van der Waals surface area (Å²) in [5.74, 6) is -5.91. The summed E-state index contributed by atoms with van der Waals surface area (Å²) < 4.78 is 88.7. The summed E-state index contributed by atoms with van der Waals surface area (Å²) in [6.07, 6.45) is -7.38. The first-order valence-electron chi connectivity index (χ1n) is 6.31. The van der Waals surface area contributed by atoms with E-state index in [1.165, 1.54) is 7.11 Å². The van der Waals surface area contributed by atoms with Crippen molar-refractivity contribution in [3.05, 3.63) is 0 Å². The van der Waals surface area contributed by atoms with Crippen LogP contribution in [0.1, 0.15) is 25.7 Å². The van der Waals surface area contributed by atoms with E-state index in [0.717, 1.165) is 0 Å². The lowest BCUT2D eigenvalue weighted by Crippen LogP contribution is -2.36. The fourth-order valence-electron chi connectivity index (χ4n) is 1.50. The smallest absolute Gasteiger partial charge is 0.385 e. The Morgan fingerprint density at radius 3 is 2.14 bits per heavy atom. The predicted molar refractivity (Wildman–Crippen MR) is 68.0 cm³/mol. The Bertz CT molecular complexity index is 397. The molecule has 0 bridgehead atoms. The number of alkyl halides is 5. The fourth-order valence-corrected chi connectivity index (χ4v) is 2.95. The summed E-state index contributed by atoms with van der Waals surface area (Å²) in [5, 5.41) is 0. The Kier molecular flexibility index (Phi) is 8.04. The zero-order valence-electron chi connectivity index (χ0n) is 11.6. The molecule has 0 aliphatic carbocycles. The van der Waals surface area contributed by atoms with Crippen molar-refractivity contribution >= 4 is 9.84 Å². The molecular weight excluding hydrogens is 321 g/mol. The number of rotatable bonds is 10. The van der Waals surface area contributed by atoms with Crippen LogP contribution in [0.25, 0.3) is 0 Å². The molecule has 0 spiro atoms. The number of ether oxygens (including phenoxy) is 1. The van der Waals surface area contributed by atoms with E-state index in [1.54, 1.807) is 0 Å². The van der Waals surface area contributed by atoms with Crippen LogP contribution in [-0.4, -0.2) is 51.8 Å². The van der Waals surface area contributed by atoms with Crippen LogP contribution in [0.5, 0.6) is 0 Å². The lowest BCUT2D eigenvalue weighted by atomic mass is 10.2. The van der Waals surface area contributed by atoms with Crippen LogP contribution < -0.4 is 5.73 Å². The number of sulfone groups is 1. The van der Waals surface area contributed by atoms with Crippen LogP contribution in [-0.2, 0) is 14.6 Å². The number of nitrogens with two attached hydrogens (primary N) is 1. The standard InChI is InChI=1S/C11H20F5NO3S/c1-20-6-3-9(17)4-8-21(18,19)7-2-5-10(12,13)11(14,15)16/h9H,2-8,17H2,1H3. The minimum atomic E-state index is -5.65. The van der Waals surface area contributed by atoms with Gasteiger partial charge >= 0.3 is 12.1 Å². The highest BCUT2D eigenvalue weighted by Gasteiger charge is 2.56. The molecule has 0 aliphatic heterocycles. The average molecular weight is 341 g/mol. The highest BCUT2D eigenvalue weighted by atomic mass is 32.2.